The summed E-state index contributed by atoms with van der Waals surface area (Å²) in [6.45, 7) is 6.30. The number of carboxylic acids is 1. The number of carbonyl (C=O) groups is 1. The van der Waals surface area contributed by atoms with Gasteiger partial charge in [-0.05, 0) is 0 Å². The van der Waals surface area contributed by atoms with Gasteiger partial charge in [0.25, 0.3) is 0 Å². The SMILES string of the molecule is CC(C)(C)c1cnc(SCC(=O)O)n1CCS(C)(=O)=O. The molecular weight excluding hydrogens is 300 g/mol. The molecule has 0 aliphatic rings. The third kappa shape index (κ3) is 5.16. The Balaban J connectivity index is 3.06. The molecule has 0 bridgehead atoms. The summed E-state index contributed by atoms with van der Waals surface area (Å²) in [5.74, 6) is -1.02. The zero-order chi connectivity index (χ0) is 15.6. The van der Waals surface area contributed by atoms with Crippen LogP contribution >= 0.6 is 11.8 Å². The quantitative estimate of drug-likeness (QED) is 0.797. The van der Waals surface area contributed by atoms with Crippen molar-refractivity contribution in [1.82, 2.24) is 9.55 Å². The molecule has 0 amide bonds. The Morgan fingerprint density at radius 1 is 1.45 bits per heavy atom. The molecule has 0 unspecified atom stereocenters. The van der Waals surface area contributed by atoms with E-state index < -0.39 is 15.8 Å². The van der Waals surface area contributed by atoms with Crippen LogP contribution in [0.3, 0.4) is 0 Å². The third-order valence-electron chi connectivity index (χ3n) is 2.60. The maximum atomic E-state index is 11.3. The average molecular weight is 320 g/mol. The number of aromatic nitrogens is 2. The van der Waals surface area contributed by atoms with Gasteiger partial charge in [0.05, 0.1) is 11.5 Å². The van der Waals surface area contributed by atoms with Crippen LogP contribution in [0.5, 0.6) is 0 Å². The molecule has 0 saturated heterocycles. The number of carboxylic acid groups (broad SMARTS) is 1. The van der Waals surface area contributed by atoms with E-state index in [1.807, 2.05) is 20.8 Å². The minimum atomic E-state index is -3.08. The van der Waals surface area contributed by atoms with Crippen LogP contribution in [0.25, 0.3) is 0 Å². The zero-order valence-electron chi connectivity index (χ0n) is 12.1. The number of imidazole rings is 1. The maximum absolute atomic E-state index is 11.3. The summed E-state index contributed by atoms with van der Waals surface area (Å²) in [4.78, 5) is 14.9. The van der Waals surface area contributed by atoms with E-state index in [9.17, 15) is 13.2 Å². The second kappa shape index (κ2) is 6.17. The highest BCUT2D eigenvalue weighted by Gasteiger charge is 2.22. The first-order valence-electron chi connectivity index (χ1n) is 6.09. The van der Waals surface area contributed by atoms with E-state index in [-0.39, 0.29) is 23.5 Å². The van der Waals surface area contributed by atoms with Gasteiger partial charge in [0, 0.05) is 30.1 Å². The summed E-state index contributed by atoms with van der Waals surface area (Å²) in [5, 5.41) is 9.28. The number of nitrogens with zero attached hydrogens (tertiary/aromatic N) is 2. The Hall–Kier alpha value is -1.02. The van der Waals surface area contributed by atoms with Crippen molar-refractivity contribution in [2.45, 2.75) is 37.9 Å². The topological polar surface area (TPSA) is 89.3 Å². The molecule has 1 heterocycles. The predicted octanol–water partition coefficient (Wildman–Crippen LogP) is 1.40. The fourth-order valence-electron chi connectivity index (χ4n) is 1.67. The summed E-state index contributed by atoms with van der Waals surface area (Å²) in [5.41, 5.74) is 0.709. The normalized spacial score (nSPS) is 12.6. The molecule has 1 rings (SSSR count). The molecule has 0 saturated carbocycles. The van der Waals surface area contributed by atoms with Gasteiger partial charge in [0.2, 0.25) is 0 Å². The molecule has 0 fully saturated rings. The summed E-state index contributed by atoms with van der Waals surface area (Å²) in [6, 6.07) is 0. The molecule has 1 aromatic heterocycles. The first-order chi connectivity index (χ1) is 9.00. The Morgan fingerprint density at radius 2 is 2.05 bits per heavy atom. The van der Waals surface area contributed by atoms with Crippen LogP contribution in [0.1, 0.15) is 26.5 Å². The van der Waals surface area contributed by atoms with Gasteiger partial charge >= 0.3 is 5.97 Å². The Bertz CT molecular complexity index is 585. The largest absolute Gasteiger partial charge is 0.481 e. The lowest BCUT2D eigenvalue weighted by atomic mass is 9.93. The van der Waals surface area contributed by atoms with Gasteiger partial charge in [-0.1, -0.05) is 32.5 Å². The fourth-order valence-corrected chi connectivity index (χ4v) is 2.91. The zero-order valence-corrected chi connectivity index (χ0v) is 13.7. The fraction of sp³-hybridized carbons (Fsp3) is 0.667. The Morgan fingerprint density at radius 3 is 2.50 bits per heavy atom. The number of sulfone groups is 1. The average Bonchev–Trinajstić information content (AvgIpc) is 2.64. The van der Waals surface area contributed by atoms with Crippen molar-refractivity contribution in [3.05, 3.63) is 11.9 Å². The minimum absolute atomic E-state index is 0.00702. The van der Waals surface area contributed by atoms with Crippen molar-refractivity contribution in [3.8, 4) is 0 Å². The van der Waals surface area contributed by atoms with Gasteiger partial charge in [-0.2, -0.15) is 0 Å². The van der Waals surface area contributed by atoms with E-state index >= 15 is 0 Å². The van der Waals surface area contributed by atoms with Crippen molar-refractivity contribution < 1.29 is 18.3 Å². The number of aliphatic carboxylic acids is 1. The highest BCUT2D eigenvalue weighted by Crippen LogP contribution is 2.27. The van der Waals surface area contributed by atoms with Gasteiger partial charge in [-0.15, -0.1) is 0 Å². The van der Waals surface area contributed by atoms with E-state index in [1.54, 1.807) is 10.8 Å². The van der Waals surface area contributed by atoms with E-state index in [0.717, 1.165) is 17.5 Å². The van der Waals surface area contributed by atoms with Crippen LogP contribution in [-0.4, -0.2) is 46.8 Å². The molecule has 114 valence electrons. The number of thioether (sulfide) groups is 1. The molecule has 0 atom stereocenters. The van der Waals surface area contributed by atoms with Gasteiger partial charge in [-0.3, -0.25) is 4.79 Å². The summed E-state index contributed by atoms with van der Waals surface area (Å²) >= 11 is 1.10. The Kier molecular flexibility index (Phi) is 5.26. The smallest absolute Gasteiger partial charge is 0.313 e. The van der Waals surface area contributed by atoms with Crippen molar-refractivity contribution in [2.24, 2.45) is 0 Å². The van der Waals surface area contributed by atoms with Crippen LogP contribution in [-0.2, 0) is 26.6 Å². The van der Waals surface area contributed by atoms with Crippen LogP contribution in [0.4, 0.5) is 0 Å². The third-order valence-corrected chi connectivity index (χ3v) is 4.50. The highest BCUT2D eigenvalue weighted by molar-refractivity contribution is 7.99. The summed E-state index contributed by atoms with van der Waals surface area (Å²) < 4.78 is 24.5. The van der Waals surface area contributed by atoms with Crippen molar-refractivity contribution in [2.75, 3.05) is 17.8 Å². The van der Waals surface area contributed by atoms with E-state index in [4.69, 9.17) is 5.11 Å². The van der Waals surface area contributed by atoms with Crippen LogP contribution in [0.15, 0.2) is 11.4 Å². The van der Waals surface area contributed by atoms with E-state index in [0.29, 0.717) is 5.16 Å². The monoisotopic (exact) mass is 320 g/mol. The second-order valence-electron chi connectivity index (χ2n) is 5.64. The first kappa shape index (κ1) is 17.0. The highest BCUT2D eigenvalue weighted by atomic mass is 32.2. The lowest BCUT2D eigenvalue weighted by Crippen LogP contribution is -2.21. The molecule has 0 radical (unpaired) electrons. The summed E-state index contributed by atoms with van der Waals surface area (Å²) in [7, 11) is -3.08. The molecule has 8 heteroatoms. The second-order valence-corrected chi connectivity index (χ2v) is 8.84. The molecule has 0 aromatic carbocycles. The minimum Gasteiger partial charge on any atom is -0.481 e. The number of rotatable bonds is 6. The maximum Gasteiger partial charge on any atom is 0.313 e. The standard InChI is InChI=1S/C12H20N2O4S2/c1-12(2,3)9-7-13-11(19-8-10(15)16)14(9)5-6-20(4,17)18/h7H,5-6,8H2,1-4H3,(H,15,16). The number of hydrogen-bond donors (Lipinski definition) is 1. The Labute approximate surface area is 123 Å². The van der Waals surface area contributed by atoms with Gasteiger partial charge < -0.3 is 9.67 Å². The van der Waals surface area contributed by atoms with Crippen molar-refractivity contribution >= 4 is 27.6 Å². The van der Waals surface area contributed by atoms with Gasteiger partial charge in [-0.25, -0.2) is 13.4 Å². The number of hydrogen-bond acceptors (Lipinski definition) is 5. The molecule has 20 heavy (non-hydrogen) atoms. The molecule has 0 aliphatic carbocycles. The van der Waals surface area contributed by atoms with Gasteiger partial charge in [0.1, 0.15) is 9.84 Å². The lowest BCUT2D eigenvalue weighted by molar-refractivity contribution is -0.133. The molecular formula is C12H20N2O4S2. The molecule has 6 nitrogen and oxygen atoms in total. The van der Waals surface area contributed by atoms with Crippen LogP contribution in [0.2, 0.25) is 0 Å². The van der Waals surface area contributed by atoms with Crippen LogP contribution < -0.4 is 0 Å². The van der Waals surface area contributed by atoms with Crippen LogP contribution in [0, 0.1) is 0 Å². The van der Waals surface area contributed by atoms with E-state index in [1.165, 1.54) is 6.26 Å². The van der Waals surface area contributed by atoms with E-state index in [2.05, 4.69) is 4.98 Å². The molecule has 1 aromatic rings. The van der Waals surface area contributed by atoms with Crippen molar-refractivity contribution in [3.63, 3.8) is 0 Å². The predicted molar refractivity (Wildman–Crippen MR) is 79.0 cm³/mol. The molecule has 0 spiro atoms. The van der Waals surface area contributed by atoms with Crippen molar-refractivity contribution in [1.29, 1.82) is 0 Å². The molecule has 0 aliphatic heterocycles. The van der Waals surface area contributed by atoms with Gasteiger partial charge in [0.15, 0.2) is 5.16 Å². The molecule has 1 N–H and O–H groups in total. The summed E-state index contributed by atoms with van der Waals surface area (Å²) in [6.07, 6.45) is 2.87. The first-order valence-corrected chi connectivity index (χ1v) is 9.13. The lowest BCUT2D eigenvalue weighted by Gasteiger charge is -2.21.